The SMILES string of the molecule is Cc1ccnc(NCC(=O)N2CCCC2)n1. The first-order valence-electron chi connectivity index (χ1n) is 5.57. The Bertz CT molecular complexity index is 374. The van der Waals surface area contributed by atoms with Crippen molar-refractivity contribution in [2.24, 2.45) is 0 Å². The van der Waals surface area contributed by atoms with E-state index in [-0.39, 0.29) is 12.5 Å². The number of hydrogen-bond donors (Lipinski definition) is 1. The van der Waals surface area contributed by atoms with E-state index < -0.39 is 0 Å². The molecule has 5 heteroatoms. The number of nitrogens with one attached hydrogen (secondary N) is 1. The molecule has 0 saturated carbocycles. The summed E-state index contributed by atoms with van der Waals surface area (Å²) in [5.74, 6) is 0.648. The Hall–Kier alpha value is -1.65. The lowest BCUT2D eigenvalue weighted by molar-refractivity contribution is -0.128. The van der Waals surface area contributed by atoms with Crippen molar-refractivity contribution in [2.75, 3.05) is 25.0 Å². The quantitative estimate of drug-likeness (QED) is 0.819. The van der Waals surface area contributed by atoms with Gasteiger partial charge >= 0.3 is 0 Å². The van der Waals surface area contributed by atoms with E-state index in [4.69, 9.17) is 0 Å². The fraction of sp³-hybridized carbons (Fsp3) is 0.545. The van der Waals surface area contributed by atoms with Gasteiger partial charge in [-0.1, -0.05) is 0 Å². The molecule has 2 heterocycles. The van der Waals surface area contributed by atoms with Gasteiger partial charge in [0.15, 0.2) is 0 Å². The molecule has 1 aliphatic rings. The zero-order chi connectivity index (χ0) is 11.4. The van der Waals surface area contributed by atoms with Crippen molar-refractivity contribution >= 4 is 11.9 Å². The molecule has 0 radical (unpaired) electrons. The van der Waals surface area contributed by atoms with Gasteiger partial charge in [0.05, 0.1) is 6.54 Å². The number of hydrogen-bond acceptors (Lipinski definition) is 4. The van der Waals surface area contributed by atoms with Crippen LogP contribution in [0.15, 0.2) is 12.3 Å². The van der Waals surface area contributed by atoms with Gasteiger partial charge in [0.1, 0.15) is 0 Å². The van der Waals surface area contributed by atoms with Gasteiger partial charge in [-0.15, -0.1) is 0 Å². The number of likely N-dealkylation sites (tertiary alicyclic amines) is 1. The monoisotopic (exact) mass is 220 g/mol. The highest BCUT2D eigenvalue weighted by Crippen LogP contribution is 2.07. The fourth-order valence-corrected chi connectivity index (χ4v) is 1.77. The van der Waals surface area contributed by atoms with Crippen LogP contribution in [0.3, 0.4) is 0 Å². The van der Waals surface area contributed by atoms with Gasteiger partial charge in [-0.2, -0.15) is 0 Å². The number of anilines is 1. The van der Waals surface area contributed by atoms with Crippen molar-refractivity contribution in [3.05, 3.63) is 18.0 Å². The van der Waals surface area contributed by atoms with E-state index in [0.29, 0.717) is 5.95 Å². The molecule has 5 nitrogen and oxygen atoms in total. The minimum absolute atomic E-state index is 0.127. The maximum Gasteiger partial charge on any atom is 0.241 e. The first-order chi connectivity index (χ1) is 7.75. The van der Waals surface area contributed by atoms with Crippen LogP contribution < -0.4 is 5.32 Å². The van der Waals surface area contributed by atoms with Gasteiger partial charge in [-0.05, 0) is 25.8 Å². The molecule has 0 aliphatic carbocycles. The Balaban J connectivity index is 1.84. The summed E-state index contributed by atoms with van der Waals surface area (Å²) in [6.07, 6.45) is 3.92. The Morgan fingerprint density at radius 1 is 1.50 bits per heavy atom. The van der Waals surface area contributed by atoms with Gasteiger partial charge in [0.25, 0.3) is 0 Å². The van der Waals surface area contributed by atoms with Crippen molar-refractivity contribution in [3.8, 4) is 0 Å². The second-order valence-corrected chi connectivity index (χ2v) is 3.96. The lowest BCUT2D eigenvalue weighted by atomic mass is 10.4. The molecule has 1 aromatic rings. The zero-order valence-electron chi connectivity index (χ0n) is 9.44. The summed E-state index contributed by atoms with van der Waals surface area (Å²) >= 11 is 0. The van der Waals surface area contributed by atoms with Gasteiger partial charge in [-0.3, -0.25) is 4.79 Å². The zero-order valence-corrected chi connectivity index (χ0v) is 9.44. The molecule has 0 aromatic carbocycles. The number of carbonyl (C=O) groups is 1. The summed E-state index contributed by atoms with van der Waals surface area (Å²) in [6.45, 7) is 3.95. The van der Waals surface area contributed by atoms with Crippen LogP contribution in [0, 0.1) is 6.92 Å². The fourth-order valence-electron chi connectivity index (χ4n) is 1.77. The maximum atomic E-state index is 11.7. The lowest BCUT2D eigenvalue weighted by Gasteiger charge is -2.15. The van der Waals surface area contributed by atoms with Crippen molar-refractivity contribution in [3.63, 3.8) is 0 Å². The largest absolute Gasteiger partial charge is 0.345 e. The van der Waals surface area contributed by atoms with Crippen molar-refractivity contribution in [1.29, 1.82) is 0 Å². The smallest absolute Gasteiger partial charge is 0.241 e. The third-order valence-corrected chi connectivity index (χ3v) is 2.65. The molecule has 0 unspecified atom stereocenters. The van der Waals surface area contributed by atoms with Crippen molar-refractivity contribution in [2.45, 2.75) is 19.8 Å². The van der Waals surface area contributed by atoms with E-state index in [0.717, 1.165) is 31.6 Å². The molecule has 1 N–H and O–H groups in total. The van der Waals surface area contributed by atoms with Crippen LogP contribution in [0.25, 0.3) is 0 Å². The van der Waals surface area contributed by atoms with Crippen LogP contribution in [-0.2, 0) is 4.79 Å². The molecule has 86 valence electrons. The molecule has 0 bridgehead atoms. The minimum atomic E-state index is 0.127. The summed E-state index contributed by atoms with van der Waals surface area (Å²) < 4.78 is 0. The molecular formula is C11H16N4O. The molecule has 2 rings (SSSR count). The Kier molecular flexibility index (Phi) is 3.34. The third-order valence-electron chi connectivity index (χ3n) is 2.65. The lowest BCUT2D eigenvalue weighted by Crippen LogP contribution is -2.33. The highest BCUT2D eigenvalue weighted by Gasteiger charge is 2.17. The Morgan fingerprint density at radius 3 is 2.94 bits per heavy atom. The Labute approximate surface area is 94.9 Å². The van der Waals surface area contributed by atoms with Gasteiger partial charge in [0, 0.05) is 25.0 Å². The van der Waals surface area contributed by atoms with Crippen molar-refractivity contribution in [1.82, 2.24) is 14.9 Å². The second-order valence-electron chi connectivity index (χ2n) is 3.96. The summed E-state index contributed by atoms with van der Waals surface area (Å²) in [4.78, 5) is 21.8. The molecular weight excluding hydrogens is 204 g/mol. The predicted molar refractivity (Wildman–Crippen MR) is 61.1 cm³/mol. The minimum Gasteiger partial charge on any atom is -0.345 e. The van der Waals surface area contributed by atoms with E-state index in [1.807, 2.05) is 17.9 Å². The average Bonchev–Trinajstić information content (AvgIpc) is 2.79. The number of aryl methyl sites for hydroxylation is 1. The highest BCUT2D eigenvalue weighted by atomic mass is 16.2. The predicted octanol–water partition coefficient (Wildman–Crippen LogP) is 0.819. The van der Waals surface area contributed by atoms with Crippen LogP contribution in [0.4, 0.5) is 5.95 Å². The van der Waals surface area contributed by atoms with Crippen LogP contribution >= 0.6 is 0 Å². The maximum absolute atomic E-state index is 11.7. The normalized spacial score (nSPS) is 15.2. The van der Waals surface area contributed by atoms with Crippen molar-refractivity contribution < 1.29 is 4.79 Å². The van der Waals surface area contributed by atoms with Crippen LogP contribution in [-0.4, -0.2) is 40.4 Å². The molecule has 16 heavy (non-hydrogen) atoms. The van der Waals surface area contributed by atoms with Crippen LogP contribution in [0.2, 0.25) is 0 Å². The van der Waals surface area contributed by atoms with E-state index in [2.05, 4.69) is 15.3 Å². The summed E-state index contributed by atoms with van der Waals surface area (Å²) in [6, 6.07) is 1.83. The highest BCUT2D eigenvalue weighted by molar-refractivity contribution is 5.80. The standard InChI is InChI=1S/C11H16N4O/c1-9-4-5-12-11(14-9)13-8-10(16)15-6-2-3-7-15/h4-5H,2-3,6-8H2,1H3,(H,12,13,14). The molecule has 1 saturated heterocycles. The summed E-state index contributed by atoms with van der Waals surface area (Å²) in [5.41, 5.74) is 0.895. The van der Waals surface area contributed by atoms with Gasteiger partial charge < -0.3 is 10.2 Å². The Morgan fingerprint density at radius 2 is 2.25 bits per heavy atom. The number of aromatic nitrogens is 2. The first-order valence-corrected chi connectivity index (χ1v) is 5.57. The number of rotatable bonds is 3. The van der Waals surface area contributed by atoms with E-state index in [9.17, 15) is 4.79 Å². The molecule has 0 spiro atoms. The number of carbonyl (C=O) groups excluding carboxylic acids is 1. The number of amides is 1. The van der Waals surface area contributed by atoms with E-state index in [1.54, 1.807) is 6.20 Å². The van der Waals surface area contributed by atoms with Crippen LogP contribution in [0.1, 0.15) is 18.5 Å². The molecule has 1 aromatic heterocycles. The molecule has 1 amide bonds. The average molecular weight is 220 g/mol. The topological polar surface area (TPSA) is 58.1 Å². The van der Waals surface area contributed by atoms with Gasteiger partial charge in [-0.25, -0.2) is 9.97 Å². The van der Waals surface area contributed by atoms with E-state index in [1.165, 1.54) is 0 Å². The number of nitrogens with zero attached hydrogens (tertiary/aromatic N) is 3. The van der Waals surface area contributed by atoms with E-state index >= 15 is 0 Å². The third kappa shape index (κ3) is 2.68. The van der Waals surface area contributed by atoms with Gasteiger partial charge in [0.2, 0.25) is 11.9 Å². The molecule has 1 aliphatic heterocycles. The van der Waals surface area contributed by atoms with Crippen LogP contribution in [0.5, 0.6) is 0 Å². The summed E-state index contributed by atoms with van der Waals surface area (Å²) in [5, 5.41) is 2.95. The molecule has 1 fully saturated rings. The summed E-state index contributed by atoms with van der Waals surface area (Å²) in [7, 11) is 0. The molecule has 0 atom stereocenters. The first kappa shape index (κ1) is 10.9. The second kappa shape index (κ2) is 4.92.